The van der Waals surface area contributed by atoms with Crippen molar-refractivity contribution in [1.82, 2.24) is 14.5 Å². The Kier molecular flexibility index (Phi) is 5.11. The van der Waals surface area contributed by atoms with Crippen LogP contribution in [0.3, 0.4) is 0 Å². The molecule has 0 N–H and O–H groups in total. The second-order valence-corrected chi connectivity index (χ2v) is 7.96. The van der Waals surface area contributed by atoms with Crippen molar-refractivity contribution in [3.63, 3.8) is 0 Å². The van der Waals surface area contributed by atoms with Crippen molar-refractivity contribution < 1.29 is 4.79 Å². The standard InChI is InChI=1S/C17H27N3OS/c1-3-22-14-8-4-6-10-19(12-14)17(21)16-15-9-5-7-11-20(15)13(2)18-16/h14H,3-12H2,1-2H3/t14-/m0/s1. The molecule has 1 aromatic heterocycles. The Morgan fingerprint density at radius 1 is 1.27 bits per heavy atom. The van der Waals surface area contributed by atoms with Crippen LogP contribution in [0.4, 0.5) is 0 Å². The average molecular weight is 321 g/mol. The first kappa shape index (κ1) is 15.9. The van der Waals surface area contributed by atoms with Gasteiger partial charge in [0.05, 0.1) is 5.69 Å². The van der Waals surface area contributed by atoms with E-state index in [-0.39, 0.29) is 5.91 Å². The zero-order valence-electron chi connectivity index (χ0n) is 13.8. The summed E-state index contributed by atoms with van der Waals surface area (Å²) >= 11 is 2.00. The fraction of sp³-hybridized carbons (Fsp3) is 0.765. The number of imidazole rings is 1. The maximum Gasteiger partial charge on any atom is 0.274 e. The highest BCUT2D eigenvalue weighted by molar-refractivity contribution is 7.99. The van der Waals surface area contributed by atoms with Crippen LogP contribution in [0.2, 0.25) is 0 Å². The van der Waals surface area contributed by atoms with E-state index in [1.807, 2.05) is 18.7 Å². The van der Waals surface area contributed by atoms with Crippen LogP contribution < -0.4 is 0 Å². The Hall–Kier alpha value is -0.970. The van der Waals surface area contributed by atoms with Gasteiger partial charge in [0.25, 0.3) is 5.91 Å². The number of likely N-dealkylation sites (tertiary alicyclic amines) is 1. The zero-order valence-corrected chi connectivity index (χ0v) is 14.6. The quantitative estimate of drug-likeness (QED) is 0.857. The average Bonchev–Trinajstić information content (AvgIpc) is 2.71. The van der Waals surface area contributed by atoms with Gasteiger partial charge in [-0.25, -0.2) is 4.98 Å². The molecule has 0 aromatic carbocycles. The van der Waals surface area contributed by atoms with Crippen molar-refractivity contribution >= 4 is 17.7 Å². The number of nitrogens with zero attached hydrogens (tertiary/aromatic N) is 3. The second-order valence-electron chi connectivity index (χ2n) is 6.39. The lowest BCUT2D eigenvalue weighted by Gasteiger charge is -2.24. The number of aromatic nitrogens is 2. The van der Waals surface area contributed by atoms with Crippen molar-refractivity contribution in [2.75, 3.05) is 18.8 Å². The van der Waals surface area contributed by atoms with Gasteiger partial charge in [-0.15, -0.1) is 0 Å². The number of amides is 1. The molecule has 0 aliphatic carbocycles. The third-order valence-corrected chi connectivity index (χ3v) is 6.02. The maximum absolute atomic E-state index is 13.0. The molecule has 0 saturated carbocycles. The molecule has 1 aromatic rings. The van der Waals surface area contributed by atoms with Crippen LogP contribution in [0.5, 0.6) is 0 Å². The Morgan fingerprint density at radius 2 is 2.09 bits per heavy atom. The summed E-state index contributed by atoms with van der Waals surface area (Å²) < 4.78 is 2.26. The molecule has 0 unspecified atom stereocenters. The third-order valence-electron chi connectivity index (χ3n) is 4.83. The molecule has 122 valence electrons. The molecule has 2 aliphatic heterocycles. The number of carbonyl (C=O) groups is 1. The summed E-state index contributed by atoms with van der Waals surface area (Å²) in [6.45, 7) is 7.05. The summed E-state index contributed by atoms with van der Waals surface area (Å²) in [5, 5.41) is 0.594. The van der Waals surface area contributed by atoms with Crippen LogP contribution in [0.25, 0.3) is 0 Å². The molecule has 3 rings (SSSR count). The second kappa shape index (κ2) is 7.07. The minimum Gasteiger partial charge on any atom is -0.336 e. The van der Waals surface area contributed by atoms with Gasteiger partial charge in [-0.1, -0.05) is 13.3 Å². The molecule has 5 heteroatoms. The summed E-state index contributed by atoms with van der Waals surface area (Å²) in [6, 6.07) is 0. The van der Waals surface area contributed by atoms with Crippen LogP contribution in [0, 0.1) is 6.92 Å². The fourth-order valence-electron chi connectivity index (χ4n) is 3.70. The minimum absolute atomic E-state index is 0.169. The number of thioether (sulfide) groups is 1. The molecule has 1 saturated heterocycles. The van der Waals surface area contributed by atoms with E-state index >= 15 is 0 Å². The van der Waals surface area contributed by atoms with Crippen LogP contribution >= 0.6 is 11.8 Å². The number of hydrogen-bond donors (Lipinski definition) is 0. The van der Waals surface area contributed by atoms with Gasteiger partial charge in [0.2, 0.25) is 0 Å². The first-order valence-electron chi connectivity index (χ1n) is 8.67. The van der Waals surface area contributed by atoms with Gasteiger partial charge >= 0.3 is 0 Å². The Morgan fingerprint density at radius 3 is 2.91 bits per heavy atom. The highest BCUT2D eigenvalue weighted by Gasteiger charge is 2.28. The molecule has 1 fully saturated rings. The van der Waals surface area contributed by atoms with Gasteiger partial charge in [-0.2, -0.15) is 11.8 Å². The van der Waals surface area contributed by atoms with E-state index < -0.39 is 0 Å². The molecule has 2 aliphatic rings. The lowest BCUT2D eigenvalue weighted by atomic mass is 10.1. The van der Waals surface area contributed by atoms with Gasteiger partial charge in [0.15, 0.2) is 0 Å². The highest BCUT2D eigenvalue weighted by atomic mass is 32.2. The van der Waals surface area contributed by atoms with Crippen molar-refractivity contribution in [2.24, 2.45) is 0 Å². The van der Waals surface area contributed by atoms with E-state index in [1.54, 1.807) is 0 Å². The summed E-state index contributed by atoms with van der Waals surface area (Å²) in [4.78, 5) is 19.7. The largest absolute Gasteiger partial charge is 0.336 e. The van der Waals surface area contributed by atoms with Gasteiger partial charge in [-0.3, -0.25) is 4.79 Å². The summed E-state index contributed by atoms with van der Waals surface area (Å²) in [5.74, 6) is 2.31. The van der Waals surface area contributed by atoms with E-state index in [9.17, 15) is 4.79 Å². The fourth-order valence-corrected chi connectivity index (χ4v) is 4.79. The molecule has 1 atom stereocenters. The molecule has 0 spiro atoms. The monoisotopic (exact) mass is 321 g/mol. The smallest absolute Gasteiger partial charge is 0.274 e. The summed E-state index contributed by atoms with van der Waals surface area (Å²) in [5.41, 5.74) is 1.91. The van der Waals surface area contributed by atoms with Crippen molar-refractivity contribution in [2.45, 2.75) is 64.2 Å². The SMILES string of the molecule is CCS[C@H]1CCCCN(C(=O)c2nc(C)n3c2CCCC3)C1. The van der Waals surface area contributed by atoms with Gasteiger partial charge < -0.3 is 9.47 Å². The van der Waals surface area contributed by atoms with Crippen molar-refractivity contribution in [1.29, 1.82) is 0 Å². The van der Waals surface area contributed by atoms with Crippen molar-refractivity contribution in [3.05, 3.63) is 17.2 Å². The topological polar surface area (TPSA) is 38.1 Å². The zero-order chi connectivity index (χ0) is 15.5. The van der Waals surface area contributed by atoms with Crippen molar-refractivity contribution in [3.8, 4) is 0 Å². The molecule has 0 bridgehead atoms. The number of rotatable bonds is 3. The molecular formula is C17H27N3OS. The molecule has 3 heterocycles. The highest BCUT2D eigenvalue weighted by Crippen LogP contribution is 2.25. The Labute approximate surface area is 137 Å². The Balaban J connectivity index is 1.80. The van der Waals surface area contributed by atoms with Crippen LogP contribution in [-0.4, -0.2) is 44.5 Å². The van der Waals surface area contributed by atoms with E-state index in [0.29, 0.717) is 5.25 Å². The van der Waals surface area contributed by atoms with Gasteiger partial charge in [0.1, 0.15) is 11.5 Å². The predicted molar refractivity (Wildman–Crippen MR) is 91.6 cm³/mol. The third kappa shape index (κ3) is 3.19. The molecular weight excluding hydrogens is 294 g/mol. The van der Waals surface area contributed by atoms with Crippen LogP contribution in [0.15, 0.2) is 0 Å². The van der Waals surface area contributed by atoms with E-state index in [2.05, 4.69) is 21.4 Å². The summed E-state index contributed by atoms with van der Waals surface area (Å²) in [7, 11) is 0. The lowest BCUT2D eigenvalue weighted by molar-refractivity contribution is 0.0756. The summed E-state index contributed by atoms with van der Waals surface area (Å²) in [6.07, 6.45) is 6.99. The van der Waals surface area contributed by atoms with Gasteiger partial charge in [0, 0.05) is 24.9 Å². The lowest BCUT2D eigenvalue weighted by Crippen LogP contribution is -2.36. The molecule has 0 radical (unpaired) electrons. The van der Waals surface area contributed by atoms with Crippen LogP contribution in [0.1, 0.15) is 61.0 Å². The molecule has 4 nitrogen and oxygen atoms in total. The first-order valence-corrected chi connectivity index (χ1v) is 9.72. The van der Waals surface area contributed by atoms with E-state index in [4.69, 9.17) is 0 Å². The van der Waals surface area contributed by atoms with Gasteiger partial charge in [-0.05, 0) is 44.8 Å². The minimum atomic E-state index is 0.169. The predicted octanol–water partition coefficient (Wildman–Crippen LogP) is 3.28. The molecule has 22 heavy (non-hydrogen) atoms. The number of aryl methyl sites for hydroxylation is 1. The van der Waals surface area contributed by atoms with Crippen LogP contribution in [-0.2, 0) is 13.0 Å². The first-order chi connectivity index (χ1) is 10.7. The molecule has 1 amide bonds. The Bertz CT molecular complexity index is 540. The van der Waals surface area contributed by atoms with E-state index in [1.165, 1.54) is 31.4 Å². The number of hydrogen-bond acceptors (Lipinski definition) is 3. The van der Waals surface area contributed by atoms with E-state index in [0.717, 1.165) is 49.7 Å². The number of fused-ring (bicyclic) bond motifs is 1. The maximum atomic E-state index is 13.0. The number of carbonyl (C=O) groups excluding carboxylic acids is 1. The normalized spacial score (nSPS) is 22.3.